The summed E-state index contributed by atoms with van der Waals surface area (Å²) in [7, 11) is 0. The second-order valence-electron chi connectivity index (χ2n) is 3.76. The number of benzene rings is 2. The molecule has 0 saturated carbocycles. The van der Waals surface area contributed by atoms with Gasteiger partial charge in [0.15, 0.2) is 11.6 Å². The number of halogens is 3. The summed E-state index contributed by atoms with van der Waals surface area (Å²) in [5.41, 5.74) is 1.17. The third-order valence-corrected chi connectivity index (χ3v) is 2.85. The van der Waals surface area contributed by atoms with Crippen molar-refractivity contribution in [2.45, 2.75) is 6.54 Å². The van der Waals surface area contributed by atoms with Crippen LogP contribution in [0.25, 0.3) is 0 Å². The first-order valence-electron chi connectivity index (χ1n) is 5.22. The molecule has 0 heterocycles. The van der Waals surface area contributed by atoms with E-state index in [2.05, 4.69) is 5.32 Å². The largest absolute Gasteiger partial charge is 0.505 e. The van der Waals surface area contributed by atoms with Crippen molar-refractivity contribution in [2.75, 3.05) is 5.32 Å². The zero-order valence-electron chi connectivity index (χ0n) is 9.25. The normalized spacial score (nSPS) is 10.4. The fourth-order valence-electron chi connectivity index (χ4n) is 1.56. The highest BCUT2D eigenvalue weighted by molar-refractivity contribution is 6.35. The average molecular weight is 286 g/mol. The van der Waals surface area contributed by atoms with Crippen LogP contribution in [0, 0.1) is 5.82 Å². The summed E-state index contributed by atoms with van der Waals surface area (Å²) in [5.74, 6) is -0.989. The summed E-state index contributed by atoms with van der Waals surface area (Å²) in [6.07, 6.45) is 0. The standard InChI is InChI=1S/C13H10Cl2FNO/c14-9-4-10(15)6-11(5-9)17-7-8-2-1-3-12(16)13(8)18/h1-6,17-18H,7H2. The van der Waals surface area contributed by atoms with Gasteiger partial charge < -0.3 is 10.4 Å². The molecule has 0 spiro atoms. The lowest BCUT2D eigenvalue weighted by Crippen LogP contribution is -2.00. The first-order chi connectivity index (χ1) is 8.56. The Morgan fingerprint density at radius 2 is 1.78 bits per heavy atom. The van der Waals surface area contributed by atoms with Gasteiger partial charge in [0.1, 0.15) is 0 Å². The van der Waals surface area contributed by atoms with Crippen LogP contribution in [0.4, 0.5) is 10.1 Å². The van der Waals surface area contributed by atoms with Gasteiger partial charge in [0, 0.05) is 27.8 Å². The van der Waals surface area contributed by atoms with E-state index in [0.29, 0.717) is 21.3 Å². The van der Waals surface area contributed by atoms with Gasteiger partial charge in [0.25, 0.3) is 0 Å². The lowest BCUT2D eigenvalue weighted by molar-refractivity contribution is 0.427. The monoisotopic (exact) mass is 285 g/mol. The average Bonchev–Trinajstić information content (AvgIpc) is 2.30. The zero-order valence-corrected chi connectivity index (χ0v) is 10.8. The second kappa shape index (κ2) is 5.46. The molecular weight excluding hydrogens is 276 g/mol. The molecule has 0 atom stereocenters. The molecule has 0 bridgehead atoms. The molecule has 0 aliphatic heterocycles. The van der Waals surface area contributed by atoms with Crippen LogP contribution in [-0.2, 0) is 6.54 Å². The maximum absolute atomic E-state index is 13.1. The molecule has 5 heteroatoms. The van der Waals surface area contributed by atoms with Crippen LogP contribution in [0.5, 0.6) is 5.75 Å². The van der Waals surface area contributed by atoms with Crippen LogP contribution >= 0.6 is 23.2 Å². The minimum atomic E-state index is -0.640. The summed E-state index contributed by atoms with van der Waals surface area (Å²) in [5, 5.41) is 13.5. The van der Waals surface area contributed by atoms with Crippen LogP contribution in [0.3, 0.4) is 0 Å². The van der Waals surface area contributed by atoms with E-state index < -0.39 is 5.82 Å². The van der Waals surface area contributed by atoms with Crippen molar-refractivity contribution < 1.29 is 9.50 Å². The van der Waals surface area contributed by atoms with E-state index in [0.717, 1.165) is 0 Å². The topological polar surface area (TPSA) is 32.3 Å². The molecule has 2 rings (SSSR count). The van der Waals surface area contributed by atoms with Gasteiger partial charge in [-0.1, -0.05) is 35.3 Å². The first kappa shape index (κ1) is 13.0. The van der Waals surface area contributed by atoms with E-state index in [1.165, 1.54) is 12.1 Å². The molecule has 0 aliphatic rings. The van der Waals surface area contributed by atoms with Gasteiger partial charge in [-0.15, -0.1) is 0 Å². The molecule has 94 valence electrons. The van der Waals surface area contributed by atoms with Crippen LogP contribution < -0.4 is 5.32 Å². The Kier molecular flexibility index (Phi) is 3.94. The number of nitrogens with one attached hydrogen (secondary N) is 1. The lowest BCUT2D eigenvalue weighted by Gasteiger charge is -2.09. The zero-order chi connectivity index (χ0) is 13.1. The third kappa shape index (κ3) is 3.06. The fourth-order valence-corrected chi connectivity index (χ4v) is 2.08. The van der Waals surface area contributed by atoms with Gasteiger partial charge >= 0.3 is 0 Å². The van der Waals surface area contributed by atoms with E-state index in [4.69, 9.17) is 23.2 Å². The highest BCUT2D eigenvalue weighted by atomic mass is 35.5. The van der Waals surface area contributed by atoms with Crippen LogP contribution in [0.2, 0.25) is 10.0 Å². The van der Waals surface area contributed by atoms with Gasteiger partial charge in [-0.3, -0.25) is 0 Å². The van der Waals surface area contributed by atoms with Gasteiger partial charge in [-0.25, -0.2) is 4.39 Å². The Morgan fingerprint density at radius 1 is 1.11 bits per heavy atom. The minimum absolute atomic E-state index is 0.278. The van der Waals surface area contributed by atoms with Crippen LogP contribution in [0.1, 0.15) is 5.56 Å². The molecule has 0 radical (unpaired) electrons. The fraction of sp³-hybridized carbons (Fsp3) is 0.0769. The Balaban J connectivity index is 2.14. The molecule has 2 N–H and O–H groups in total. The third-order valence-electron chi connectivity index (χ3n) is 2.42. The highest BCUT2D eigenvalue weighted by Crippen LogP contribution is 2.25. The van der Waals surface area contributed by atoms with Crippen molar-refractivity contribution >= 4 is 28.9 Å². The number of anilines is 1. The van der Waals surface area contributed by atoms with E-state index in [-0.39, 0.29) is 12.3 Å². The van der Waals surface area contributed by atoms with Gasteiger partial charge in [-0.2, -0.15) is 0 Å². The Morgan fingerprint density at radius 3 is 2.44 bits per heavy atom. The van der Waals surface area contributed by atoms with Crippen molar-refractivity contribution in [1.82, 2.24) is 0 Å². The van der Waals surface area contributed by atoms with Crippen molar-refractivity contribution in [3.8, 4) is 5.75 Å². The summed E-state index contributed by atoms with van der Waals surface area (Å²) < 4.78 is 13.1. The Labute approximate surface area is 114 Å². The number of phenols is 1. The molecule has 0 aliphatic carbocycles. The molecule has 0 unspecified atom stereocenters. The molecule has 0 saturated heterocycles. The number of hydrogen-bond acceptors (Lipinski definition) is 2. The highest BCUT2D eigenvalue weighted by Gasteiger charge is 2.06. The predicted octanol–water partition coefficient (Wildman–Crippen LogP) is 4.45. The molecular formula is C13H10Cl2FNO. The maximum Gasteiger partial charge on any atom is 0.165 e. The number of phenolic OH excluding ortho intramolecular Hbond substituents is 1. The van der Waals surface area contributed by atoms with Crippen molar-refractivity contribution in [3.63, 3.8) is 0 Å². The summed E-state index contributed by atoms with van der Waals surface area (Å²) in [6.45, 7) is 0.278. The number of rotatable bonds is 3. The number of para-hydroxylation sites is 1. The number of aromatic hydroxyl groups is 1. The molecule has 2 nitrogen and oxygen atoms in total. The Bertz CT molecular complexity index is 555. The van der Waals surface area contributed by atoms with E-state index in [1.54, 1.807) is 24.3 Å². The molecule has 2 aromatic rings. The van der Waals surface area contributed by atoms with E-state index in [1.807, 2.05) is 0 Å². The van der Waals surface area contributed by atoms with Crippen LogP contribution in [0.15, 0.2) is 36.4 Å². The molecule has 0 aromatic heterocycles. The summed E-state index contributed by atoms with van der Waals surface area (Å²) in [4.78, 5) is 0. The minimum Gasteiger partial charge on any atom is -0.505 e. The molecule has 2 aromatic carbocycles. The Hall–Kier alpha value is -1.45. The SMILES string of the molecule is Oc1c(F)cccc1CNc1cc(Cl)cc(Cl)c1. The lowest BCUT2D eigenvalue weighted by atomic mass is 10.2. The molecule has 0 amide bonds. The van der Waals surface area contributed by atoms with E-state index >= 15 is 0 Å². The quantitative estimate of drug-likeness (QED) is 0.873. The van der Waals surface area contributed by atoms with Crippen molar-refractivity contribution in [3.05, 3.63) is 57.8 Å². The van der Waals surface area contributed by atoms with Crippen LogP contribution in [-0.4, -0.2) is 5.11 Å². The van der Waals surface area contributed by atoms with Gasteiger partial charge in [0.2, 0.25) is 0 Å². The predicted molar refractivity (Wildman–Crippen MR) is 71.9 cm³/mol. The first-order valence-corrected chi connectivity index (χ1v) is 5.98. The smallest absolute Gasteiger partial charge is 0.165 e. The van der Waals surface area contributed by atoms with E-state index in [9.17, 15) is 9.50 Å². The summed E-state index contributed by atoms with van der Waals surface area (Å²) >= 11 is 11.7. The van der Waals surface area contributed by atoms with Gasteiger partial charge in [-0.05, 0) is 24.3 Å². The summed E-state index contributed by atoms with van der Waals surface area (Å²) in [6, 6.07) is 9.39. The van der Waals surface area contributed by atoms with Gasteiger partial charge in [0.05, 0.1) is 0 Å². The van der Waals surface area contributed by atoms with Crippen molar-refractivity contribution in [2.24, 2.45) is 0 Å². The number of hydrogen-bond donors (Lipinski definition) is 2. The molecule has 18 heavy (non-hydrogen) atoms. The molecule has 0 fully saturated rings. The maximum atomic E-state index is 13.1. The second-order valence-corrected chi connectivity index (χ2v) is 4.63. The van der Waals surface area contributed by atoms with Crippen molar-refractivity contribution in [1.29, 1.82) is 0 Å².